The third-order valence-corrected chi connectivity index (χ3v) is 5.50. The number of hydrogen-bond acceptors (Lipinski definition) is 6. The van der Waals surface area contributed by atoms with Gasteiger partial charge in [-0.2, -0.15) is 5.10 Å². The third-order valence-electron chi connectivity index (χ3n) is 5.50. The number of aromatic nitrogens is 4. The summed E-state index contributed by atoms with van der Waals surface area (Å²) in [5.41, 5.74) is 5.74. The Bertz CT molecular complexity index is 1060. The molecule has 0 aliphatic carbocycles. The van der Waals surface area contributed by atoms with Crippen molar-refractivity contribution in [1.82, 2.24) is 24.6 Å². The number of aryl methyl sites for hydroxylation is 2. The molecule has 0 radical (unpaired) electrons. The Labute approximate surface area is 175 Å². The highest BCUT2D eigenvalue weighted by atomic mass is 16.5. The van der Waals surface area contributed by atoms with Crippen molar-refractivity contribution in [2.24, 2.45) is 0 Å². The standard InChI is InChI=1S/C22H27N5O3/c1-3-27-22-18(13-24-27)21(16-10-15(2)11-23-12-16)17(4-5-20(28)29)19(25-22)14-26-6-8-30-9-7-26/h10-13H,3-9,14H2,1-2H3,(H,28,29). The molecule has 4 heterocycles. The number of carbonyl (C=O) groups is 1. The highest BCUT2D eigenvalue weighted by molar-refractivity contribution is 5.95. The second-order valence-electron chi connectivity index (χ2n) is 7.64. The topological polar surface area (TPSA) is 93.4 Å². The number of carboxylic acids is 1. The molecular weight excluding hydrogens is 382 g/mol. The smallest absolute Gasteiger partial charge is 0.303 e. The Morgan fingerprint density at radius 2 is 2.03 bits per heavy atom. The molecule has 0 unspecified atom stereocenters. The number of aliphatic carboxylic acids is 1. The van der Waals surface area contributed by atoms with E-state index in [4.69, 9.17) is 9.72 Å². The predicted molar refractivity (Wildman–Crippen MR) is 113 cm³/mol. The average molecular weight is 409 g/mol. The normalized spacial score (nSPS) is 15.0. The van der Waals surface area contributed by atoms with E-state index in [0.29, 0.717) is 32.7 Å². The molecule has 0 bridgehead atoms. The van der Waals surface area contributed by atoms with Crippen LogP contribution in [-0.2, 0) is 29.0 Å². The first-order valence-electron chi connectivity index (χ1n) is 10.4. The lowest BCUT2D eigenvalue weighted by Crippen LogP contribution is -2.36. The quantitative estimate of drug-likeness (QED) is 0.641. The Hall–Kier alpha value is -2.84. The number of morpholine rings is 1. The van der Waals surface area contributed by atoms with Crippen LogP contribution in [0.1, 0.15) is 30.2 Å². The van der Waals surface area contributed by atoms with Gasteiger partial charge in [-0.25, -0.2) is 9.67 Å². The van der Waals surface area contributed by atoms with E-state index in [2.05, 4.69) is 21.0 Å². The Balaban J connectivity index is 1.92. The highest BCUT2D eigenvalue weighted by Crippen LogP contribution is 2.34. The van der Waals surface area contributed by atoms with Crippen LogP contribution in [0.5, 0.6) is 0 Å². The number of hydrogen-bond donors (Lipinski definition) is 1. The zero-order valence-corrected chi connectivity index (χ0v) is 17.5. The molecule has 0 aromatic carbocycles. The van der Waals surface area contributed by atoms with E-state index in [0.717, 1.165) is 52.1 Å². The van der Waals surface area contributed by atoms with Gasteiger partial charge in [-0.3, -0.25) is 14.7 Å². The predicted octanol–water partition coefficient (Wildman–Crippen LogP) is 2.67. The number of pyridine rings is 2. The molecular formula is C22H27N5O3. The van der Waals surface area contributed by atoms with Crippen molar-refractivity contribution < 1.29 is 14.6 Å². The van der Waals surface area contributed by atoms with E-state index >= 15 is 0 Å². The second-order valence-corrected chi connectivity index (χ2v) is 7.64. The zero-order valence-electron chi connectivity index (χ0n) is 17.5. The molecule has 1 fully saturated rings. The SMILES string of the molecule is CCn1ncc2c(-c3cncc(C)c3)c(CCC(=O)O)c(CN3CCOCC3)nc21. The van der Waals surface area contributed by atoms with Crippen LogP contribution < -0.4 is 0 Å². The molecule has 1 aliphatic rings. The lowest BCUT2D eigenvalue weighted by atomic mass is 9.93. The molecule has 158 valence electrons. The molecule has 8 nitrogen and oxygen atoms in total. The molecule has 1 N–H and O–H groups in total. The van der Waals surface area contributed by atoms with Gasteiger partial charge < -0.3 is 9.84 Å². The number of rotatable bonds is 7. The minimum Gasteiger partial charge on any atom is -0.481 e. The van der Waals surface area contributed by atoms with Crippen molar-refractivity contribution in [3.8, 4) is 11.1 Å². The Morgan fingerprint density at radius 3 is 2.73 bits per heavy atom. The number of fused-ring (bicyclic) bond motifs is 1. The molecule has 0 spiro atoms. The lowest BCUT2D eigenvalue weighted by molar-refractivity contribution is -0.136. The van der Waals surface area contributed by atoms with Gasteiger partial charge in [0.1, 0.15) is 0 Å². The van der Waals surface area contributed by atoms with Gasteiger partial charge in [-0.15, -0.1) is 0 Å². The number of nitrogens with zero attached hydrogens (tertiary/aromatic N) is 5. The summed E-state index contributed by atoms with van der Waals surface area (Å²) in [6.07, 6.45) is 5.97. The van der Waals surface area contributed by atoms with Crippen LogP contribution in [0.25, 0.3) is 22.2 Å². The van der Waals surface area contributed by atoms with Crippen LogP contribution in [0, 0.1) is 6.92 Å². The van der Waals surface area contributed by atoms with Gasteiger partial charge in [0.2, 0.25) is 0 Å². The first-order chi connectivity index (χ1) is 14.6. The summed E-state index contributed by atoms with van der Waals surface area (Å²) in [5, 5.41) is 14.8. The van der Waals surface area contributed by atoms with Crippen molar-refractivity contribution in [3.63, 3.8) is 0 Å². The van der Waals surface area contributed by atoms with Gasteiger partial charge >= 0.3 is 5.97 Å². The van der Waals surface area contributed by atoms with E-state index in [1.165, 1.54) is 0 Å². The van der Waals surface area contributed by atoms with E-state index < -0.39 is 5.97 Å². The maximum atomic E-state index is 11.4. The summed E-state index contributed by atoms with van der Waals surface area (Å²) in [4.78, 5) is 23.1. The minimum absolute atomic E-state index is 0.0530. The molecule has 3 aromatic heterocycles. The number of ether oxygens (including phenoxy) is 1. The monoisotopic (exact) mass is 409 g/mol. The fraction of sp³-hybridized carbons (Fsp3) is 0.455. The fourth-order valence-corrected chi connectivity index (χ4v) is 4.03. The molecule has 1 aliphatic heterocycles. The molecule has 1 saturated heterocycles. The largest absolute Gasteiger partial charge is 0.481 e. The van der Waals surface area contributed by atoms with Crippen molar-refractivity contribution in [2.75, 3.05) is 26.3 Å². The van der Waals surface area contributed by atoms with Crippen LogP contribution in [0.4, 0.5) is 0 Å². The van der Waals surface area contributed by atoms with Crippen molar-refractivity contribution in [3.05, 3.63) is 41.5 Å². The molecule has 30 heavy (non-hydrogen) atoms. The molecule has 0 atom stereocenters. The minimum atomic E-state index is -0.815. The number of carboxylic acid groups (broad SMARTS) is 1. The Kier molecular flexibility index (Phi) is 6.06. The van der Waals surface area contributed by atoms with Crippen LogP contribution in [-0.4, -0.2) is 62.0 Å². The average Bonchev–Trinajstić information content (AvgIpc) is 3.15. The van der Waals surface area contributed by atoms with Gasteiger partial charge in [-0.1, -0.05) is 0 Å². The fourth-order valence-electron chi connectivity index (χ4n) is 4.03. The maximum absolute atomic E-state index is 11.4. The summed E-state index contributed by atoms with van der Waals surface area (Å²) < 4.78 is 7.38. The van der Waals surface area contributed by atoms with Gasteiger partial charge in [0, 0.05) is 61.5 Å². The molecule has 4 rings (SSSR count). The van der Waals surface area contributed by atoms with E-state index in [1.54, 1.807) is 0 Å². The van der Waals surface area contributed by atoms with Crippen molar-refractivity contribution in [2.45, 2.75) is 39.8 Å². The summed E-state index contributed by atoms with van der Waals surface area (Å²) >= 11 is 0. The summed E-state index contributed by atoms with van der Waals surface area (Å²) in [6, 6.07) is 2.09. The molecule has 0 amide bonds. The van der Waals surface area contributed by atoms with E-state index in [9.17, 15) is 9.90 Å². The van der Waals surface area contributed by atoms with Crippen LogP contribution in [0.15, 0.2) is 24.7 Å². The van der Waals surface area contributed by atoms with E-state index in [-0.39, 0.29) is 6.42 Å². The van der Waals surface area contributed by atoms with Crippen LogP contribution in [0.3, 0.4) is 0 Å². The van der Waals surface area contributed by atoms with Gasteiger partial charge in [0.05, 0.1) is 25.1 Å². The zero-order chi connectivity index (χ0) is 21.1. The second kappa shape index (κ2) is 8.89. The van der Waals surface area contributed by atoms with Crippen molar-refractivity contribution in [1.29, 1.82) is 0 Å². The third kappa shape index (κ3) is 4.20. The summed E-state index contributed by atoms with van der Waals surface area (Å²) in [6.45, 7) is 8.52. The van der Waals surface area contributed by atoms with Gasteiger partial charge in [-0.05, 0) is 37.5 Å². The maximum Gasteiger partial charge on any atom is 0.303 e. The van der Waals surface area contributed by atoms with Crippen LogP contribution >= 0.6 is 0 Å². The van der Waals surface area contributed by atoms with E-state index in [1.807, 2.05) is 37.1 Å². The highest BCUT2D eigenvalue weighted by Gasteiger charge is 2.22. The summed E-state index contributed by atoms with van der Waals surface area (Å²) in [5.74, 6) is -0.815. The summed E-state index contributed by atoms with van der Waals surface area (Å²) in [7, 11) is 0. The first-order valence-corrected chi connectivity index (χ1v) is 10.4. The first kappa shape index (κ1) is 20.4. The molecule has 3 aromatic rings. The molecule has 0 saturated carbocycles. The van der Waals surface area contributed by atoms with Gasteiger partial charge in [0.15, 0.2) is 5.65 Å². The molecule has 8 heteroatoms. The van der Waals surface area contributed by atoms with Gasteiger partial charge in [0.25, 0.3) is 0 Å². The lowest BCUT2D eigenvalue weighted by Gasteiger charge is -2.27. The Morgan fingerprint density at radius 1 is 1.23 bits per heavy atom. The van der Waals surface area contributed by atoms with Crippen molar-refractivity contribution >= 4 is 17.0 Å². The van der Waals surface area contributed by atoms with Crippen LogP contribution in [0.2, 0.25) is 0 Å².